The number of aromatic nitrogens is 2. The Kier molecular flexibility index (Phi) is 4.64. The predicted molar refractivity (Wildman–Crippen MR) is 93.8 cm³/mol. The smallest absolute Gasteiger partial charge is 0.381 e. The third-order valence-electron chi connectivity index (χ3n) is 5.13. The van der Waals surface area contributed by atoms with E-state index >= 15 is 0 Å². The van der Waals surface area contributed by atoms with Gasteiger partial charge in [0, 0.05) is 24.9 Å². The van der Waals surface area contributed by atoms with Crippen molar-refractivity contribution in [3.8, 4) is 0 Å². The van der Waals surface area contributed by atoms with Crippen LogP contribution in [0.1, 0.15) is 44.6 Å². The van der Waals surface area contributed by atoms with Crippen LogP contribution in [0.15, 0.2) is 11.2 Å². The molecular formula is C17H21F3N6O2. The van der Waals surface area contributed by atoms with Gasteiger partial charge in [0.15, 0.2) is 0 Å². The SMILES string of the molecule is CC1(Nc2nc(/N=C3\CC(=O)N(C4CCOCC4)N3)ncc2C(F)(F)F)CC1. The minimum atomic E-state index is -4.57. The summed E-state index contributed by atoms with van der Waals surface area (Å²) in [5.74, 6) is -0.224. The molecule has 3 heterocycles. The molecule has 0 unspecified atom stereocenters. The summed E-state index contributed by atoms with van der Waals surface area (Å²) in [7, 11) is 0. The number of hydrazine groups is 1. The predicted octanol–water partition coefficient (Wildman–Crippen LogP) is 2.41. The first kappa shape index (κ1) is 18.9. The molecule has 2 N–H and O–H groups in total. The minimum absolute atomic E-state index is 0.00881. The van der Waals surface area contributed by atoms with Crippen LogP contribution in [0.2, 0.25) is 0 Å². The maximum absolute atomic E-state index is 13.3. The summed E-state index contributed by atoms with van der Waals surface area (Å²) < 4.78 is 45.1. The first-order valence-electron chi connectivity index (χ1n) is 9.20. The van der Waals surface area contributed by atoms with Crippen molar-refractivity contribution in [2.75, 3.05) is 18.5 Å². The van der Waals surface area contributed by atoms with Crippen LogP contribution in [0.5, 0.6) is 0 Å². The molecule has 3 aliphatic rings. The van der Waals surface area contributed by atoms with Crippen molar-refractivity contribution >= 4 is 23.5 Å². The van der Waals surface area contributed by atoms with E-state index in [9.17, 15) is 18.0 Å². The van der Waals surface area contributed by atoms with Crippen molar-refractivity contribution in [2.24, 2.45) is 4.99 Å². The first-order valence-corrected chi connectivity index (χ1v) is 9.20. The lowest BCUT2D eigenvalue weighted by Crippen LogP contribution is -2.46. The van der Waals surface area contributed by atoms with E-state index in [1.54, 1.807) is 0 Å². The lowest BCUT2D eigenvalue weighted by molar-refractivity contribution is -0.137. The standard InChI is InChI=1S/C17H21F3N6O2/c1-16(4-5-16)24-14-11(17(18,19)20)9-21-15(23-14)22-12-8-13(27)26(25-12)10-2-6-28-7-3-10/h9-10H,2-8H2,1H3,(H2,21,22,23,24,25). The number of rotatable bonds is 4. The number of amides is 1. The largest absolute Gasteiger partial charge is 0.421 e. The molecule has 8 nitrogen and oxygen atoms in total. The Morgan fingerprint density at radius 1 is 1.36 bits per heavy atom. The number of aliphatic imine (C=N–C) groups is 1. The van der Waals surface area contributed by atoms with E-state index in [0.717, 1.165) is 31.9 Å². The zero-order chi connectivity index (χ0) is 19.9. The second-order valence-corrected chi connectivity index (χ2v) is 7.57. The Bertz CT molecular complexity index is 803. The number of hydrogen-bond acceptors (Lipinski definition) is 6. The van der Waals surface area contributed by atoms with Crippen molar-refractivity contribution in [3.63, 3.8) is 0 Å². The van der Waals surface area contributed by atoms with Gasteiger partial charge in [-0.1, -0.05) is 0 Å². The van der Waals surface area contributed by atoms with Gasteiger partial charge in [-0.25, -0.2) is 4.98 Å². The second kappa shape index (κ2) is 6.87. The summed E-state index contributed by atoms with van der Waals surface area (Å²) in [6.45, 7) is 3.00. The van der Waals surface area contributed by atoms with Crippen LogP contribution in [0.25, 0.3) is 0 Å². The van der Waals surface area contributed by atoms with Gasteiger partial charge in [0.1, 0.15) is 17.2 Å². The molecule has 1 amide bonds. The monoisotopic (exact) mass is 398 g/mol. The van der Waals surface area contributed by atoms with E-state index in [-0.39, 0.29) is 35.7 Å². The van der Waals surface area contributed by atoms with Gasteiger partial charge in [-0.15, -0.1) is 0 Å². The van der Waals surface area contributed by atoms with Gasteiger partial charge in [0.25, 0.3) is 5.95 Å². The van der Waals surface area contributed by atoms with Crippen molar-refractivity contribution in [1.82, 2.24) is 20.4 Å². The average molecular weight is 398 g/mol. The number of nitrogens with one attached hydrogen (secondary N) is 2. The maximum Gasteiger partial charge on any atom is 0.421 e. The highest BCUT2D eigenvalue weighted by Crippen LogP contribution is 2.41. The normalized spacial score (nSPS) is 23.8. The number of alkyl halides is 3. The molecule has 1 saturated carbocycles. The minimum Gasteiger partial charge on any atom is -0.381 e. The fraction of sp³-hybridized carbons (Fsp3) is 0.647. The Morgan fingerprint density at radius 3 is 2.71 bits per heavy atom. The Balaban J connectivity index is 1.55. The third kappa shape index (κ3) is 4.03. The number of carbonyl (C=O) groups excluding carboxylic acids is 1. The second-order valence-electron chi connectivity index (χ2n) is 7.57. The summed E-state index contributed by atoms with van der Waals surface area (Å²) in [6.07, 6.45) is -0.830. The first-order chi connectivity index (χ1) is 13.2. The molecule has 2 saturated heterocycles. The van der Waals surface area contributed by atoms with Crippen molar-refractivity contribution in [2.45, 2.75) is 56.8 Å². The maximum atomic E-state index is 13.3. The molecular weight excluding hydrogens is 377 g/mol. The zero-order valence-corrected chi connectivity index (χ0v) is 15.3. The van der Waals surface area contributed by atoms with Gasteiger partial charge in [-0.3, -0.25) is 15.2 Å². The van der Waals surface area contributed by atoms with Crippen molar-refractivity contribution < 1.29 is 22.7 Å². The van der Waals surface area contributed by atoms with Crippen LogP contribution in [-0.2, 0) is 15.7 Å². The molecule has 0 spiro atoms. The van der Waals surface area contributed by atoms with Gasteiger partial charge in [0.2, 0.25) is 5.91 Å². The highest BCUT2D eigenvalue weighted by atomic mass is 19.4. The van der Waals surface area contributed by atoms with Crippen LogP contribution in [-0.4, -0.2) is 51.5 Å². The quantitative estimate of drug-likeness (QED) is 0.809. The van der Waals surface area contributed by atoms with E-state index in [0.29, 0.717) is 19.0 Å². The number of halogens is 3. The zero-order valence-electron chi connectivity index (χ0n) is 15.3. The van der Waals surface area contributed by atoms with Crippen LogP contribution in [0.3, 0.4) is 0 Å². The number of amidine groups is 1. The Morgan fingerprint density at radius 2 is 2.07 bits per heavy atom. The molecule has 4 rings (SSSR count). The molecule has 0 aromatic carbocycles. The van der Waals surface area contributed by atoms with E-state index < -0.39 is 11.7 Å². The highest BCUT2D eigenvalue weighted by molar-refractivity contribution is 6.05. The van der Waals surface area contributed by atoms with E-state index in [2.05, 4.69) is 25.7 Å². The van der Waals surface area contributed by atoms with Crippen LogP contribution in [0, 0.1) is 0 Å². The average Bonchev–Trinajstić information content (AvgIpc) is 3.24. The lowest BCUT2D eigenvalue weighted by atomic mass is 10.1. The van der Waals surface area contributed by atoms with Gasteiger partial charge < -0.3 is 10.1 Å². The lowest BCUT2D eigenvalue weighted by Gasteiger charge is -2.30. The van der Waals surface area contributed by atoms with Crippen LogP contribution in [0.4, 0.5) is 24.9 Å². The number of nitrogens with zero attached hydrogens (tertiary/aromatic N) is 4. The van der Waals surface area contributed by atoms with E-state index in [4.69, 9.17) is 4.74 Å². The fourth-order valence-corrected chi connectivity index (χ4v) is 3.22. The van der Waals surface area contributed by atoms with Crippen molar-refractivity contribution in [3.05, 3.63) is 11.8 Å². The van der Waals surface area contributed by atoms with Gasteiger partial charge in [-0.05, 0) is 32.6 Å². The summed E-state index contributed by atoms with van der Waals surface area (Å²) in [6, 6.07) is 0.00881. The summed E-state index contributed by atoms with van der Waals surface area (Å²) in [4.78, 5) is 24.1. The summed E-state index contributed by atoms with van der Waals surface area (Å²) in [5, 5.41) is 4.37. The Labute approximate surface area is 159 Å². The number of ether oxygens (including phenoxy) is 1. The van der Waals surface area contributed by atoms with Crippen LogP contribution < -0.4 is 10.7 Å². The fourth-order valence-electron chi connectivity index (χ4n) is 3.22. The molecule has 2 aliphatic heterocycles. The number of anilines is 1. The molecule has 152 valence electrons. The highest BCUT2D eigenvalue weighted by Gasteiger charge is 2.42. The molecule has 3 fully saturated rings. The van der Waals surface area contributed by atoms with Gasteiger partial charge >= 0.3 is 6.18 Å². The van der Waals surface area contributed by atoms with Gasteiger partial charge in [-0.2, -0.15) is 23.1 Å². The van der Waals surface area contributed by atoms with E-state index in [1.807, 2.05) is 6.92 Å². The molecule has 0 radical (unpaired) electrons. The topological polar surface area (TPSA) is 91.7 Å². The molecule has 1 aromatic heterocycles. The number of carbonyl (C=O) groups is 1. The summed E-state index contributed by atoms with van der Waals surface area (Å²) >= 11 is 0. The molecule has 0 bridgehead atoms. The van der Waals surface area contributed by atoms with Crippen molar-refractivity contribution in [1.29, 1.82) is 0 Å². The van der Waals surface area contributed by atoms with E-state index in [1.165, 1.54) is 5.01 Å². The molecule has 1 aromatic rings. The van der Waals surface area contributed by atoms with Crippen LogP contribution >= 0.6 is 0 Å². The molecule has 28 heavy (non-hydrogen) atoms. The molecule has 1 aliphatic carbocycles. The summed E-state index contributed by atoms with van der Waals surface area (Å²) in [5.41, 5.74) is 1.62. The molecule has 11 heteroatoms. The Hall–Kier alpha value is -2.43. The molecule has 0 atom stereocenters. The number of hydrogen-bond donors (Lipinski definition) is 2. The third-order valence-corrected chi connectivity index (χ3v) is 5.13. The van der Waals surface area contributed by atoms with Gasteiger partial charge in [0.05, 0.1) is 12.5 Å².